The number of amides is 1. The number of methoxy groups -OCH3 is 3. The van der Waals surface area contributed by atoms with Gasteiger partial charge in [-0.15, -0.1) is 0 Å². The molecule has 3 rings (SSSR count). The van der Waals surface area contributed by atoms with Gasteiger partial charge < -0.3 is 19.5 Å². The van der Waals surface area contributed by atoms with Gasteiger partial charge in [0.2, 0.25) is 0 Å². The highest BCUT2D eigenvalue weighted by atomic mass is 16.5. The molecule has 1 N–H and O–H groups in total. The van der Waals surface area contributed by atoms with Crippen LogP contribution in [0.15, 0.2) is 48.5 Å². The lowest BCUT2D eigenvalue weighted by molar-refractivity contribution is 0.102. The van der Waals surface area contributed by atoms with Crippen LogP contribution in [0.5, 0.6) is 17.2 Å². The molecule has 0 aliphatic rings. The summed E-state index contributed by atoms with van der Waals surface area (Å²) in [5, 5.41) is 7.37. The molecule has 2 aromatic carbocycles. The van der Waals surface area contributed by atoms with Crippen LogP contribution in [-0.4, -0.2) is 37.0 Å². The zero-order chi connectivity index (χ0) is 19.4. The fraction of sp³-hybridized carbons (Fsp3) is 0.200. The summed E-state index contributed by atoms with van der Waals surface area (Å²) in [6.07, 6.45) is 0. The Hall–Kier alpha value is -3.48. The molecule has 7 nitrogen and oxygen atoms in total. The number of carbonyl (C=O) groups is 1. The normalized spacial score (nSPS) is 10.4. The highest BCUT2D eigenvalue weighted by Gasteiger charge is 2.16. The van der Waals surface area contributed by atoms with Crippen LogP contribution in [0.25, 0.3) is 5.69 Å². The molecule has 1 amide bonds. The summed E-state index contributed by atoms with van der Waals surface area (Å²) in [6, 6.07) is 14.3. The SMILES string of the molecule is COc1ccc(C(=O)Nc2cc(C)nn2-c2ccccc2OC)cc1OC. The average Bonchev–Trinajstić information content (AvgIpc) is 3.07. The second-order valence-corrected chi connectivity index (χ2v) is 5.78. The Morgan fingerprint density at radius 1 is 0.926 bits per heavy atom. The van der Waals surface area contributed by atoms with Gasteiger partial charge in [-0.2, -0.15) is 5.10 Å². The van der Waals surface area contributed by atoms with Gasteiger partial charge in [-0.25, -0.2) is 4.68 Å². The molecule has 3 aromatic rings. The van der Waals surface area contributed by atoms with Crippen molar-refractivity contribution in [3.05, 3.63) is 59.8 Å². The van der Waals surface area contributed by atoms with Gasteiger partial charge in [0, 0.05) is 11.6 Å². The summed E-state index contributed by atoms with van der Waals surface area (Å²) >= 11 is 0. The first-order valence-corrected chi connectivity index (χ1v) is 8.30. The number of hydrogen-bond acceptors (Lipinski definition) is 5. The van der Waals surface area contributed by atoms with Crippen molar-refractivity contribution in [3.8, 4) is 22.9 Å². The first kappa shape index (κ1) is 18.3. The standard InChI is InChI=1S/C20H21N3O4/c1-13-11-19(23(22-13)15-7-5-6-8-16(15)25-2)21-20(24)14-9-10-17(26-3)18(12-14)27-4/h5-12H,1-4H3,(H,21,24). The number of nitrogens with one attached hydrogen (secondary N) is 1. The molecule has 0 radical (unpaired) electrons. The van der Waals surface area contributed by atoms with E-state index in [2.05, 4.69) is 10.4 Å². The van der Waals surface area contributed by atoms with E-state index >= 15 is 0 Å². The zero-order valence-electron chi connectivity index (χ0n) is 15.6. The van der Waals surface area contributed by atoms with Crippen LogP contribution in [0.4, 0.5) is 5.82 Å². The summed E-state index contributed by atoms with van der Waals surface area (Å²) in [7, 11) is 4.67. The molecule has 0 unspecified atom stereocenters. The molecule has 0 bridgehead atoms. The number of aromatic nitrogens is 2. The van der Waals surface area contributed by atoms with Crippen molar-refractivity contribution in [1.82, 2.24) is 9.78 Å². The molecule has 140 valence electrons. The number of benzene rings is 2. The average molecular weight is 367 g/mol. The highest BCUT2D eigenvalue weighted by molar-refractivity contribution is 6.04. The minimum atomic E-state index is -0.285. The first-order chi connectivity index (χ1) is 13.1. The van der Waals surface area contributed by atoms with Crippen LogP contribution in [-0.2, 0) is 0 Å². The lowest BCUT2D eigenvalue weighted by atomic mass is 10.2. The van der Waals surface area contributed by atoms with E-state index in [9.17, 15) is 4.79 Å². The van der Waals surface area contributed by atoms with Crippen molar-refractivity contribution in [1.29, 1.82) is 0 Å². The quantitative estimate of drug-likeness (QED) is 0.722. The van der Waals surface area contributed by atoms with Gasteiger partial charge in [-0.05, 0) is 37.3 Å². The number of rotatable bonds is 6. The van der Waals surface area contributed by atoms with Crippen molar-refractivity contribution in [3.63, 3.8) is 0 Å². The van der Waals surface area contributed by atoms with Gasteiger partial charge in [-0.1, -0.05) is 12.1 Å². The molecule has 0 spiro atoms. The Balaban J connectivity index is 1.94. The maximum absolute atomic E-state index is 12.7. The van der Waals surface area contributed by atoms with Crippen LogP contribution in [0.1, 0.15) is 16.1 Å². The fourth-order valence-corrected chi connectivity index (χ4v) is 2.74. The van der Waals surface area contributed by atoms with Gasteiger partial charge in [0.1, 0.15) is 17.3 Å². The van der Waals surface area contributed by atoms with E-state index < -0.39 is 0 Å². The first-order valence-electron chi connectivity index (χ1n) is 8.30. The molecular weight excluding hydrogens is 346 g/mol. The summed E-state index contributed by atoms with van der Waals surface area (Å²) in [5.74, 6) is 1.95. The third-order valence-corrected chi connectivity index (χ3v) is 4.03. The minimum Gasteiger partial charge on any atom is -0.494 e. The van der Waals surface area contributed by atoms with Gasteiger partial charge in [0.05, 0.1) is 27.0 Å². The molecule has 0 aliphatic heterocycles. The monoisotopic (exact) mass is 367 g/mol. The van der Waals surface area contributed by atoms with Gasteiger partial charge >= 0.3 is 0 Å². The van der Waals surface area contributed by atoms with E-state index in [0.29, 0.717) is 28.6 Å². The lowest BCUT2D eigenvalue weighted by Gasteiger charge is -2.13. The number of ether oxygens (including phenoxy) is 3. The molecule has 0 saturated heterocycles. The van der Waals surface area contributed by atoms with Crippen LogP contribution in [0, 0.1) is 6.92 Å². The number of nitrogens with zero attached hydrogens (tertiary/aromatic N) is 2. The predicted molar refractivity (Wildman–Crippen MR) is 102 cm³/mol. The van der Waals surface area contributed by atoms with Crippen LogP contribution < -0.4 is 19.5 Å². The van der Waals surface area contributed by atoms with E-state index in [1.54, 1.807) is 43.2 Å². The Morgan fingerprint density at radius 2 is 1.63 bits per heavy atom. The molecule has 0 atom stereocenters. The van der Waals surface area contributed by atoms with Crippen molar-refractivity contribution >= 4 is 11.7 Å². The topological polar surface area (TPSA) is 74.6 Å². The van der Waals surface area contributed by atoms with Gasteiger partial charge in [-0.3, -0.25) is 4.79 Å². The predicted octanol–water partition coefficient (Wildman–Crippen LogP) is 3.46. The molecule has 0 aliphatic carbocycles. The van der Waals surface area contributed by atoms with E-state index in [1.807, 2.05) is 31.2 Å². The van der Waals surface area contributed by atoms with Crippen LogP contribution >= 0.6 is 0 Å². The van der Waals surface area contributed by atoms with Crippen molar-refractivity contribution in [2.45, 2.75) is 6.92 Å². The van der Waals surface area contributed by atoms with E-state index in [-0.39, 0.29) is 5.91 Å². The summed E-state index contributed by atoms with van der Waals surface area (Å²) in [4.78, 5) is 12.7. The number of anilines is 1. The molecule has 1 aromatic heterocycles. The number of para-hydroxylation sites is 2. The molecule has 0 fully saturated rings. The van der Waals surface area contributed by atoms with Crippen molar-refractivity contribution in [2.24, 2.45) is 0 Å². The maximum atomic E-state index is 12.7. The Bertz CT molecular complexity index is 966. The molecule has 27 heavy (non-hydrogen) atoms. The Labute approximate surface area is 157 Å². The molecule has 7 heteroatoms. The van der Waals surface area contributed by atoms with Crippen LogP contribution in [0.3, 0.4) is 0 Å². The number of carbonyl (C=O) groups excluding carboxylic acids is 1. The van der Waals surface area contributed by atoms with Crippen molar-refractivity contribution in [2.75, 3.05) is 26.6 Å². The summed E-state index contributed by atoms with van der Waals surface area (Å²) in [5.41, 5.74) is 1.94. The molecule has 0 saturated carbocycles. The summed E-state index contributed by atoms with van der Waals surface area (Å²) in [6.45, 7) is 1.86. The number of hydrogen-bond donors (Lipinski definition) is 1. The second-order valence-electron chi connectivity index (χ2n) is 5.78. The Kier molecular flexibility index (Phi) is 5.30. The minimum absolute atomic E-state index is 0.285. The third-order valence-electron chi connectivity index (χ3n) is 4.03. The zero-order valence-corrected chi connectivity index (χ0v) is 15.6. The van der Waals surface area contributed by atoms with E-state index in [4.69, 9.17) is 14.2 Å². The Morgan fingerprint density at radius 3 is 2.33 bits per heavy atom. The second kappa shape index (κ2) is 7.82. The maximum Gasteiger partial charge on any atom is 0.256 e. The van der Waals surface area contributed by atoms with E-state index in [1.165, 1.54) is 7.11 Å². The van der Waals surface area contributed by atoms with Gasteiger partial charge in [0.15, 0.2) is 11.5 Å². The van der Waals surface area contributed by atoms with Crippen LogP contribution in [0.2, 0.25) is 0 Å². The molecule has 1 heterocycles. The highest BCUT2D eigenvalue weighted by Crippen LogP contribution is 2.29. The summed E-state index contributed by atoms with van der Waals surface area (Å²) < 4.78 is 17.5. The third kappa shape index (κ3) is 3.72. The molecular formula is C20H21N3O4. The lowest BCUT2D eigenvalue weighted by Crippen LogP contribution is -2.15. The largest absolute Gasteiger partial charge is 0.494 e. The fourth-order valence-electron chi connectivity index (χ4n) is 2.74. The van der Waals surface area contributed by atoms with E-state index in [0.717, 1.165) is 11.4 Å². The number of aryl methyl sites for hydroxylation is 1. The van der Waals surface area contributed by atoms with Crippen molar-refractivity contribution < 1.29 is 19.0 Å². The smallest absolute Gasteiger partial charge is 0.256 e. The van der Waals surface area contributed by atoms with Gasteiger partial charge in [0.25, 0.3) is 5.91 Å².